The van der Waals surface area contributed by atoms with Crippen molar-refractivity contribution in [2.24, 2.45) is 0 Å². The van der Waals surface area contributed by atoms with E-state index in [4.69, 9.17) is 0 Å². The lowest BCUT2D eigenvalue weighted by molar-refractivity contribution is 0.481. The lowest BCUT2D eigenvalue weighted by Gasteiger charge is -2.17. The van der Waals surface area contributed by atoms with E-state index in [2.05, 4.69) is 11.9 Å². The van der Waals surface area contributed by atoms with E-state index in [1.807, 2.05) is 14.0 Å². The van der Waals surface area contributed by atoms with E-state index >= 15 is 0 Å². The lowest BCUT2D eigenvalue weighted by Crippen LogP contribution is -2.28. The molecule has 17 heavy (non-hydrogen) atoms. The fourth-order valence-electron chi connectivity index (χ4n) is 1.74. The van der Waals surface area contributed by atoms with Crippen LogP contribution in [0.3, 0.4) is 0 Å². The minimum absolute atomic E-state index is 0.0961. The molecule has 1 unspecified atom stereocenters. The summed E-state index contributed by atoms with van der Waals surface area (Å²) >= 11 is 0. The van der Waals surface area contributed by atoms with Gasteiger partial charge in [-0.2, -0.15) is 0 Å². The van der Waals surface area contributed by atoms with Crippen molar-refractivity contribution in [1.29, 1.82) is 0 Å². The molecule has 0 bridgehead atoms. The average Bonchev–Trinajstić information content (AvgIpc) is 2.33. The molecule has 0 heterocycles. The largest absolute Gasteiger partial charge is 0.316 e. The number of hydrogen-bond donors (Lipinski definition) is 1. The summed E-state index contributed by atoms with van der Waals surface area (Å²) in [4.78, 5) is 0. The highest BCUT2D eigenvalue weighted by Gasteiger charge is 2.13. The molecule has 3 heteroatoms. The maximum absolute atomic E-state index is 13.5. The summed E-state index contributed by atoms with van der Waals surface area (Å²) in [5, 5.41) is 3.11. The lowest BCUT2D eigenvalue weighted by atomic mass is 9.98. The van der Waals surface area contributed by atoms with Crippen LogP contribution in [0, 0.1) is 11.6 Å². The second kappa shape index (κ2) is 6.50. The smallest absolute Gasteiger partial charge is 0.162 e. The normalized spacial score (nSPS) is 12.5. The van der Waals surface area contributed by atoms with Gasteiger partial charge in [0.1, 0.15) is 0 Å². The Labute approximate surface area is 102 Å². The SMILES string of the molecule is C=C(CC)CC(Cc1cccc(F)c1F)NC. The van der Waals surface area contributed by atoms with E-state index in [1.54, 1.807) is 6.07 Å². The maximum atomic E-state index is 13.5. The number of likely N-dealkylation sites (N-methyl/N-ethyl adjacent to an activating group) is 1. The van der Waals surface area contributed by atoms with Crippen LogP contribution in [-0.4, -0.2) is 13.1 Å². The van der Waals surface area contributed by atoms with Gasteiger partial charge in [-0.15, -0.1) is 0 Å². The van der Waals surface area contributed by atoms with Crippen LogP contribution in [0.1, 0.15) is 25.3 Å². The molecular formula is C14H19F2N. The molecule has 1 N–H and O–H groups in total. The maximum Gasteiger partial charge on any atom is 0.162 e. The molecule has 1 nitrogen and oxygen atoms in total. The summed E-state index contributed by atoms with van der Waals surface area (Å²) in [7, 11) is 1.82. The molecule has 1 aromatic carbocycles. The first-order valence-electron chi connectivity index (χ1n) is 5.85. The molecule has 0 fully saturated rings. The average molecular weight is 239 g/mol. The van der Waals surface area contributed by atoms with Crippen molar-refractivity contribution in [1.82, 2.24) is 5.32 Å². The van der Waals surface area contributed by atoms with Crippen LogP contribution in [0.5, 0.6) is 0 Å². The molecule has 0 aliphatic heterocycles. The monoisotopic (exact) mass is 239 g/mol. The molecule has 1 aromatic rings. The van der Waals surface area contributed by atoms with E-state index in [1.165, 1.54) is 6.07 Å². The predicted molar refractivity (Wildman–Crippen MR) is 67.0 cm³/mol. The Kier molecular flexibility index (Phi) is 5.29. The van der Waals surface area contributed by atoms with E-state index in [-0.39, 0.29) is 6.04 Å². The van der Waals surface area contributed by atoms with Crippen LogP contribution in [0.4, 0.5) is 8.78 Å². The standard InChI is InChI=1S/C14H19F2N/c1-4-10(2)8-12(17-3)9-11-6-5-7-13(15)14(11)16/h5-7,12,17H,2,4,8-9H2,1,3H3. The van der Waals surface area contributed by atoms with Gasteiger partial charge in [-0.3, -0.25) is 0 Å². The first kappa shape index (κ1) is 13.8. The quantitative estimate of drug-likeness (QED) is 0.750. The first-order valence-corrected chi connectivity index (χ1v) is 5.85. The highest BCUT2D eigenvalue weighted by molar-refractivity contribution is 5.20. The molecular weight excluding hydrogens is 220 g/mol. The molecule has 0 radical (unpaired) electrons. The molecule has 1 atom stereocenters. The molecule has 0 amide bonds. The Bertz CT molecular complexity index is 388. The summed E-state index contributed by atoms with van der Waals surface area (Å²) in [5.74, 6) is -1.53. The molecule has 0 spiro atoms. The third-order valence-electron chi connectivity index (χ3n) is 2.94. The van der Waals surface area contributed by atoms with Gasteiger partial charge in [0.05, 0.1) is 0 Å². The predicted octanol–water partition coefficient (Wildman–Crippen LogP) is 3.45. The molecule has 0 saturated carbocycles. The van der Waals surface area contributed by atoms with Crippen LogP contribution < -0.4 is 5.32 Å². The molecule has 94 valence electrons. The van der Waals surface area contributed by atoms with Crippen molar-refractivity contribution in [2.45, 2.75) is 32.2 Å². The second-order valence-electron chi connectivity index (χ2n) is 4.21. The third kappa shape index (κ3) is 3.93. The minimum Gasteiger partial charge on any atom is -0.316 e. The van der Waals surface area contributed by atoms with Crippen molar-refractivity contribution in [3.8, 4) is 0 Å². The summed E-state index contributed by atoms with van der Waals surface area (Å²) in [6, 6.07) is 4.39. The summed E-state index contributed by atoms with van der Waals surface area (Å²) in [6.45, 7) is 5.97. The minimum atomic E-state index is -0.785. The number of halogens is 2. The van der Waals surface area contributed by atoms with Crippen molar-refractivity contribution in [3.05, 3.63) is 47.5 Å². The molecule has 0 aliphatic carbocycles. The van der Waals surface area contributed by atoms with Crippen molar-refractivity contribution >= 4 is 0 Å². The zero-order chi connectivity index (χ0) is 12.8. The molecule has 0 aromatic heterocycles. The Hall–Kier alpha value is -1.22. The highest BCUT2D eigenvalue weighted by Crippen LogP contribution is 2.16. The summed E-state index contributed by atoms with van der Waals surface area (Å²) in [5.41, 5.74) is 1.52. The van der Waals surface area contributed by atoms with E-state index in [0.717, 1.165) is 24.5 Å². The van der Waals surface area contributed by atoms with Crippen LogP contribution in [0.2, 0.25) is 0 Å². The number of nitrogens with one attached hydrogen (secondary N) is 1. The third-order valence-corrected chi connectivity index (χ3v) is 2.94. The number of rotatable bonds is 6. The van der Waals surface area contributed by atoms with Gasteiger partial charge >= 0.3 is 0 Å². The summed E-state index contributed by atoms with van der Waals surface area (Å²) < 4.78 is 26.5. The van der Waals surface area contributed by atoms with Crippen LogP contribution >= 0.6 is 0 Å². The van der Waals surface area contributed by atoms with Gasteiger partial charge in [-0.1, -0.05) is 31.2 Å². The number of hydrogen-bond acceptors (Lipinski definition) is 1. The van der Waals surface area contributed by atoms with Gasteiger partial charge in [0.25, 0.3) is 0 Å². The topological polar surface area (TPSA) is 12.0 Å². The highest BCUT2D eigenvalue weighted by atomic mass is 19.2. The fraction of sp³-hybridized carbons (Fsp3) is 0.429. The van der Waals surface area contributed by atoms with Gasteiger partial charge in [0.15, 0.2) is 11.6 Å². The molecule has 0 aliphatic rings. The number of benzene rings is 1. The van der Waals surface area contributed by atoms with Gasteiger partial charge in [-0.05, 0) is 37.9 Å². The zero-order valence-corrected chi connectivity index (χ0v) is 10.4. The van der Waals surface area contributed by atoms with Crippen LogP contribution in [0.15, 0.2) is 30.4 Å². The van der Waals surface area contributed by atoms with Gasteiger partial charge < -0.3 is 5.32 Å². The van der Waals surface area contributed by atoms with Crippen LogP contribution in [-0.2, 0) is 6.42 Å². The van der Waals surface area contributed by atoms with Gasteiger partial charge in [0, 0.05) is 6.04 Å². The van der Waals surface area contributed by atoms with Gasteiger partial charge in [0.2, 0.25) is 0 Å². The second-order valence-corrected chi connectivity index (χ2v) is 4.21. The summed E-state index contributed by atoms with van der Waals surface area (Å²) in [6.07, 6.45) is 2.16. The van der Waals surface area contributed by atoms with E-state index < -0.39 is 11.6 Å². The van der Waals surface area contributed by atoms with Crippen molar-refractivity contribution in [2.75, 3.05) is 7.05 Å². The first-order chi connectivity index (χ1) is 8.08. The molecule has 0 saturated heterocycles. The Morgan fingerprint density at radius 3 is 2.71 bits per heavy atom. The van der Waals surface area contributed by atoms with Gasteiger partial charge in [-0.25, -0.2) is 8.78 Å². The Morgan fingerprint density at radius 2 is 2.12 bits per heavy atom. The van der Waals surface area contributed by atoms with Crippen molar-refractivity contribution in [3.63, 3.8) is 0 Å². The van der Waals surface area contributed by atoms with E-state index in [9.17, 15) is 8.78 Å². The van der Waals surface area contributed by atoms with E-state index in [0.29, 0.717) is 12.0 Å². The fourth-order valence-corrected chi connectivity index (χ4v) is 1.74. The molecule has 1 rings (SSSR count). The Morgan fingerprint density at radius 1 is 1.41 bits per heavy atom. The van der Waals surface area contributed by atoms with Crippen molar-refractivity contribution < 1.29 is 8.78 Å². The van der Waals surface area contributed by atoms with Crippen LogP contribution in [0.25, 0.3) is 0 Å². The zero-order valence-electron chi connectivity index (χ0n) is 10.4. The Balaban J connectivity index is 2.73.